The minimum Gasteiger partial charge on any atom is -0.398 e. The molecule has 0 aromatic heterocycles. The van der Waals surface area contributed by atoms with Gasteiger partial charge in [0.1, 0.15) is 0 Å². The quantitative estimate of drug-likeness (QED) is 0.106. The highest BCUT2D eigenvalue weighted by atomic mass is 14.7. The summed E-state index contributed by atoms with van der Waals surface area (Å²) >= 11 is 0. The van der Waals surface area contributed by atoms with Crippen molar-refractivity contribution in [2.45, 2.75) is 12.0 Å². The van der Waals surface area contributed by atoms with Gasteiger partial charge >= 0.3 is 0 Å². The van der Waals surface area contributed by atoms with E-state index in [1.54, 1.807) is 0 Å². The van der Waals surface area contributed by atoms with Crippen LogP contribution >= 0.6 is 0 Å². The van der Waals surface area contributed by atoms with Crippen molar-refractivity contribution < 1.29 is 0 Å². The predicted octanol–water partition coefficient (Wildman–Crippen LogP) is 12.6. The fraction of sp³-hybridized carbons (Fsp3) is 0.0400. The molecule has 0 aliphatic heterocycles. The van der Waals surface area contributed by atoms with E-state index in [1.807, 2.05) is 0 Å². The standard InChI is InChI=1S/C50H36N2/c51-49(47(34-15-5-2-6-16-34)45-25-24-32-14-7-8-19-39(32)50(45)52)37-29-35(31-12-3-1-4-13-31)28-36(30-37)38-26-27-44-42-21-10-18-33-17-9-20-41(46(33)42)43-23-11-22-40(38)48(43)44/h1-30,47,49H,51-52H2/t47?,49-/m0/s1. The third kappa shape index (κ3) is 4.76. The van der Waals surface area contributed by atoms with Gasteiger partial charge < -0.3 is 11.5 Å². The van der Waals surface area contributed by atoms with Crippen molar-refractivity contribution in [3.8, 4) is 22.3 Å². The van der Waals surface area contributed by atoms with Crippen LogP contribution in [0.3, 0.4) is 0 Å². The highest BCUT2D eigenvalue weighted by molar-refractivity contribution is 6.34. The molecule has 0 saturated heterocycles. The lowest BCUT2D eigenvalue weighted by molar-refractivity contribution is 0.632. The molecular weight excluding hydrogens is 629 g/mol. The Balaban J connectivity index is 1.22. The van der Waals surface area contributed by atoms with E-state index < -0.39 is 0 Å². The van der Waals surface area contributed by atoms with Crippen LogP contribution in [0.5, 0.6) is 0 Å². The summed E-state index contributed by atoms with van der Waals surface area (Å²) in [4.78, 5) is 0. The third-order valence-electron chi connectivity index (χ3n) is 11.1. The first kappa shape index (κ1) is 30.4. The Labute approximate surface area is 302 Å². The molecule has 0 saturated carbocycles. The van der Waals surface area contributed by atoms with Gasteiger partial charge in [0.2, 0.25) is 0 Å². The first-order valence-electron chi connectivity index (χ1n) is 18.0. The molecule has 10 aromatic rings. The van der Waals surface area contributed by atoms with Gasteiger partial charge in [-0.1, -0.05) is 164 Å². The zero-order valence-corrected chi connectivity index (χ0v) is 28.6. The Morgan fingerprint density at radius 2 is 0.942 bits per heavy atom. The maximum atomic E-state index is 7.54. The van der Waals surface area contributed by atoms with Gasteiger partial charge in [0, 0.05) is 23.0 Å². The summed E-state index contributed by atoms with van der Waals surface area (Å²) in [5.74, 6) is -0.169. The summed E-state index contributed by atoms with van der Waals surface area (Å²) in [5.41, 5.74) is 23.2. The summed E-state index contributed by atoms with van der Waals surface area (Å²) in [6, 6.07) is 65.1. The van der Waals surface area contributed by atoms with E-state index in [0.717, 1.165) is 49.8 Å². The van der Waals surface area contributed by atoms with Gasteiger partial charge in [-0.05, 0) is 106 Å². The molecule has 10 rings (SSSR count). The predicted molar refractivity (Wildman–Crippen MR) is 222 cm³/mol. The van der Waals surface area contributed by atoms with Crippen LogP contribution in [0.1, 0.15) is 28.7 Å². The summed E-state index contributed by atoms with van der Waals surface area (Å²) in [6.45, 7) is 0. The van der Waals surface area contributed by atoms with Gasteiger partial charge in [0.15, 0.2) is 0 Å². The Kier molecular flexibility index (Phi) is 7.06. The van der Waals surface area contributed by atoms with Crippen molar-refractivity contribution in [3.63, 3.8) is 0 Å². The molecule has 1 unspecified atom stereocenters. The monoisotopic (exact) mass is 664 g/mol. The Bertz CT molecular complexity index is 2880. The van der Waals surface area contributed by atoms with E-state index in [9.17, 15) is 0 Å². The zero-order valence-electron chi connectivity index (χ0n) is 28.6. The molecule has 10 aromatic carbocycles. The number of nitrogen functional groups attached to an aromatic ring is 1. The van der Waals surface area contributed by atoms with Crippen LogP contribution in [0.4, 0.5) is 5.69 Å². The number of anilines is 1. The first-order chi connectivity index (χ1) is 25.6. The first-order valence-corrected chi connectivity index (χ1v) is 18.0. The number of fused-ring (bicyclic) bond motifs is 3. The Hall–Kier alpha value is -6.48. The zero-order chi connectivity index (χ0) is 34.8. The van der Waals surface area contributed by atoms with Crippen LogP contribution in [-0.2, 0) is 0 Å². The van der Waals surface area contributed by atoms with E-state index in [0.29, 0.717) is 0 Å². The van der Waals surface area contributed by atoms with Gasteiger partial charge in [0.05, 0.1) is 0 Å². The molecule has 0 aliphatic rings. The number of benzene rings is 10. The maximum Gasteiger partial charge on any atom is 0.0433 e. The molecule has 0 amide bonds. The van der Waals surface area contributed by atoms with Crippen LogP contribution in [0.2, 0.25) is 0 Å². The molecule has 0 radical (unpaired) electrons. The second-order valence-electron chi connectivity index (χ2n) is 14.0. The minimum absolute atomic E-state index is 0.169. The molecular formula is C50H36N2. The second kappa shape index (κ2) is 12.1. The summed E-state index contributed by atoms with van der Waals surface area (Å²) in [7, 11) is 0. The van der Waals surface area contributed by atoms with Crippen molar-refractivity contribution in [2.75, 3.05) is 5.73 Å². The van der Waals surface area contributed by atoms with Gasteiger partial charge in [0.25, 0.3) is 0 Å². The van der Waals surface area contributed by atoms with E-state index in [2.05, 4.69) is 182 Å². The minimum atomic E-state index is -0.377. The van der Waals surface area contributed by atoms with Gasteiger partial charge in [-0.25, -0.2) is 0 Å². The van der Waals surface area contributed by atoms with Crippen LogP contribution in [-0.4, -0.2) is 0 Å². The van der Waals surface area contributed by atoms with Crippen molar-refractivity contribution >= 4 is 59.5 Å². The summed E-state index contributed by atoms with van der Waals surface area (Å²) in [6.07, 6.45) is 0. The summed E-state index contributed by atoms with van der Waals surface area (Å²) < 4.78 is 0. The maximum absolute atomic E-state index is 7.54. The highest BCUT2D eigenvalue weighted by Gasteiger charge is 2.27. The topological polar surface area (TPSA) is 52.0 Å². The largest absolute Gasteiger partial charge is 0.398 e. The van der Waals surface area contributed by atoms with Crippen LogP contribution in [0, 0.1) is 0 Å². The number of rotatable bonds is 6. The van der Waals surface area contributed by atoms with E-state index in [4.69, 9.17) is 11.5 Å². The number of hydrogen-bond donors (Lipinski definition) is 2. The van der Waals surface area contributed by atoms with Crippen molar-refractivity contribution in [1.29, 1.82) is 0 Å². The lowest BCUT2D eigenvalue weighted by atomic mass is 9.79. The summed E-state index contributed by atoms with van der Waals surface area (Å²) in [5, 5.41) is 12.5. The molecule has 4 N–H and O–H groups in total. The van der Waals surface area contributed by atoms with Crippen molar-refractivity contribution in [1.82, 2.24) is 0 Å². The van der Waals surface area contributed by atoms with Crippen molar-refractivity contribution in [3.05, 3.63) is 199 Å². The third-order valence-corrected chi connectivity index (χ3v) is 11.1. The van der Waals surface area contributed by atoms with Gasteiger partial charge in [-0.3, -0.25) is 0 Å². The van der Waals surface area contributed by atoms with E-state index in [-0.39, 0.29) is 12.0 Å². The molecule has 2 heteroatoms. The molecule has 2 atom stereocenters. The van der Waals surface area contributed by atoms with Crippen LogP contribution in [0.25, 0.3) is 76.1 Å². The SMILES string of the molecule is Nc1c(C(c2ccccc2)[C@@H](N)c2cc(-c3ccccc3)cc(-c3ccc4c5cccc6cccc(c7cccc3c74)c65)c2)ccc2ccccc12. The normalized spacial score (nSPS) is 13.0. The molecule has 0 spiro atoms. The smallest absolute Gasteiger partial charge is 0.0433 e. The molecule has 0 aliphatic carbocycles. The average Bonchev–Trinajstić information content (AvgIpc) is 3.21. The lowest BCUT2D eigenvalue weighted by Gasteiger charge is -2.28. The molecule has 52 heavy (non-hydrogen) atoms. The lowest BCUT2D eigenvalue weighted by Crippen LogP contribution is -2.22. The van der Waals surface area contributed by atoms with Gasteiger partial charge in [-0.15, -0.1) is 0 Å². The molecule has 246 valence electrons. The fourth-order valence-electron chi connectivity index (χ4n) is 8.71. The number of nitrogens with two attached hydrogens (primary N) is 2. The van der Waals surface area contributed by atoms with Crippen molar-refractivity contribution in [2.24, 2.45) is 5.73 Å². The number of hydrogen-bond acceptors (Lipinski definition) is 2. The van der Waals surface area contributed by atoms with E-state index >= 15 is 0 Å². The fourth-order valence-corrected chi connectivity index (χ4v) is 8.71. The van der Waals surface area contributed by atoms with E-state index in [1.165, 1.54) is 48.7 Å². The molecule has 0 heterocycles. The Morgan fingerprint density at radius 3 is 1.71 bits per heavy atom. The molecule has 0 bridgehead atoms. The average molecular weight is 665 g/mol. The molecule has 0 fully saturated rings. The second-order valence-corrected chi connectivity index (χ2v) is 14.0. The molecule has 2 nitrogen and oxygen atoms in total. The van der Waals surface area contributed by atoms with Crippen LogP contribution < -0.4 is 11.5 Å². The van der Waals surface area contributed by atoms with Gasteiger partial charge in [-0.2, -0.15) is 0 Å². The Morgan fingerprint density at radius 1 is 0.365 bits per heavy atom. The van der Waals surface area contributed by atoms with Crippen LogP contribution in [0.15, 0.2) is 182 Å². The highest BCUT2D eigenvalue weighted by Crippen LogP contribution is 2.46.